The van der Waals surface area contributed by atoms with Crippen LogP contribution < -0.4 is 5.32 Å². The van der Waals surface area contributed by atoms with Crippen molar-refractivity contribution in [2.24, 2.45) is 5.41 Å². The van der Waals surface area contributed by atoms with Crippen molar-refractivity contribution < 1.29 is 19.1 Å². The van der Waals surface area contributed by atoms with Crippen molar-refractivity contribution in [3.63, 3.8) is 0 Å². The summed E-state index contributed by atoms with van der Waals surface area (Å²) in [6.45, 7) is 1.26. The quantitative estimate of drug-likeness (QED) is 0.491. The fourth-order valence-corrected chi connectivity index (χ4v) is 1.74. The van der Waals surface area contributed by atoms with Gasteiger partial charge in [0, 0.05) is 0 Å². The predicted molar refractivity (Wildman–Crippen MR) is 48.6 cm³/mol. The van der Waals surface area contributed by atoms with Crippen molar-refractivity contribution in [3.05, 3.63) is 0 Å². The number of methoxy groups -OCH3 is 2. The Balaban J connectivity index is 2.87. The zero-order valence-corrected chi connectivity index (χ0v) is 8.46. The monoisotopic (exact) mass is 201 g/mol. The molecule has 1 saturated heterocycles. The maximum Gasteiger partial charge on any atom is 0.323 e. The van der Waals surface area contributed by atoms with E-state index in [9.17, 15) is 9.59 Å². The molecular weight excluding hydrogens is 186 g/mol. The first-order valence-electron chi connectivity index (χ1n) is 4.55. The fraction of sp³-hybridized carbons (Fsp3) is 0.778. The van der Waals surface area contributed by atoms with Gasteiger partial charge in [-0.15, -0.1) is 0 Å². The van der Waals surface area contributed by atoms with E-state index in [1.54, 1.807) is 0 Å². The summed E-state index contributed by atoms with van der Waals surface area (Å²) in [7, 11) is 2.57. The van der Waals surface area contributed by atoms with Crippen LogP contribution in [0.25, 0.3) is 0 Å². The summed E-state index contributed by atoms with van der Waals surface area (Å²) in [5.74, 6) is -0.989. The Hall–Kier alpha value is -1.10. The summed E-state index contributed by atoms with van der Waals surface area (Å²) in [6, 6.07) is 0. The van der Waals surface area contributed by atoms with E-state index in [0.29, 0.717) is 25.9 Å². The molecule has 0 amide bonds. The molecule has 0 atom stereocenters. The van der Waals surface area contributed by atoms with Gasteiger partial charge in [0.15, 0.2) is 5.41 Å². The highest BCUT2D eigenvalue weighted by molar-refractivity contribution is 6.00. The third-order valence-electron chi connectivity index (χ3n) is 2.61. The van der Waals surface area contributed by atoms with Gasteiger partial charge in [0.05, 0.1) is 14.2 Å². The van der Waals surface area contributed by atoms with Gasteiger partial charge in [-0.3, -0.25) is 9.59 Å². The molecule has 1 heterocycles. The minimum absolute atomic E-state index is 0.437. The topological polar surface area (TPSA) is 64.6 Å². The number of esters is 2. The predicted octanol–water partition coefficient (Wildman–Crippen LogP) is -0.298. The normalized spacial score (nSPS) is 19.9. The van der Waals surface area contributed by atoms with Crippen molar-refractivity contribution in [1.29, 1.82) is 0 Å². The van der Waals surface area contributed by atoms with Gasteiger partial charge < -0.3 is 14.8 Å². The third-order valence-corrected chi connectivity index (χ3v) is 2.61. The van der Waals surface area contributed by atoms with Crippen molar-refractivity contribution in [2.45, 2.75) is 12.8 Å². The summed E-state index contributed by atoms with van der Waals surface area (Å²) in [5, 5.41) is 3.08. The molecule has 5 heteroatoms. The number of carbonyl (C=O) groups excluding carboxylic acids is 2. The number of piperidine rings is 1. The second kappa shape index (κ2) is 4.41. The average Bonchev–Trinajstić information content (AvgIpc) is 2.27. The Morgan fingerprint density at radius 1 is 1.07 bits per heavy atom. The van der Waals surface area contributed by atoms with Crippen molar-refractivity contribution in [1.82, 2.24) is 5.32 Å². The van der Waals surface area contributed by atoms with E-state index < -0.39 is 17.4 Å². The maximum absolute atomic E-state index is 11.5. The number of hydrogen-bond acceptors (Lipinski definition) is 5. The highest BCUT2D eigenvalue weighted by Crippen LogP contribution is 2.31. The summed E-state index contributed by atoms with van der Waals surface area (Å²) in [5.41, 5.74) is -1.09. The van der Waals surface area contributed by atoms with Gasteiger partial charge >= 0.3 is 11.9 Å². The van der Waals surface area contributed by atoms with E-state index in [4.69, 9.17) is 0 Å². The van der Waals surface area contributed by atoms with Gasteiger partial charge in [0.25, 0.3) is 0 Å². The molecule has 0 aliphatic carbocycles. The van der Waals surface area contributed by atoms with Gasteiger partial charge in [-0.05, 0) is 25.9 Å². The molecule has 14 heavy (non-hydrogen) atoms. The van der Waals surface area contributed by atoms with Crippen molar-refractivity contribution in [2.75, 3.05) is 27.3 Å². The van der Waals surface area contributed by atoms with Crippen LogP contribution in [0.1, 0.15) is 12.8 Å². The molecule has 0 unspecified atom stereocenters. The highest BCUT2D eigenvalue weighted by Gasteiger charge is 2.48. The van der Waals surface area contributed by atoms with E-state index in [0.717, 1.165) is 0 Å². The smallest absolute Gasteiger partial charge is 0.323 e. The standard InChI is InChI=1S/C9H15NO4/c1-13-7(11)9(8(12)14-2)3-5-10-6-4-9/h10H,3-6H2,1-2H3. The Kier molecular flexibility index (Phi) is 3.46. The summed E-state index contributed by atoms with van der Waals surface area (Å²) < 4.78 is 9.30. The minimum Gasteiger partial charge on any atom is -0.468 e. The van der Waals surface area contributed by atoms with Gasteiger partial charge in [0.2, 0.25) is 0 Å². The fourth-order valence-electron chi connectivity index (χ4n) is 1.74. The second-order valence-corrected chi connectivity index (χ2v) is 3.32. The molecule has 0 saturated carbocycles. The second-order valence-electron chi connectivity index (χ2n) is 3.32. The molecule has 1 N–H and O–H groups in total. The molecule has 80 valence electrons. The van der Waals surface area contributed by atoms with Crippen LogP contribution in [0.5, 0.6) is 0 Å². The average molecular weight is 201 g/mol. The first-order valence-corrected chi connectivity index (χ1v) is 4.55. The molecule has 0 aromatic carbocycles. The van der Waals surface area contributed by atoms with Gasteiger partial charge in [-0.2, -0.15) is 0 Å². The lowest BCUT2D eigenvalue weighted by Crippen LogP contribution is -2.48. The molecule has 0 aromatic heterocycles. The van der Waals surface area contributed by atoms with E-state index >= 15 is 0 Å². The Morgan fingerprint density at radius 3 is 1.86 bits per heavy atom. The number of nitrogens with one attached hydrogen (secondary N) is 1. The van der Waals surface area contributed by atoms with E-state index in [1.807, 2.05) is 0 Å². The van der Waals surface area contributed by atoms with E-state index in [2.05, 4.69) is 14.8 Å². The van der Waals surface area contributed by atoms with Crippen molar-refractivity contribution >= 4 is 11.9 Å². The Morgan fingerprint density at radius 2 is 1.50 bits per heavy atom. The van der Waals surface area contributed by atoms with Crippen LogP contribution in [-0.2, 0) is 19.1 Å². The first-order chi connectivity index (χ1) is 6.67. The lowest BCUT2D eigenvalue weighted by molar-refractivity contribution is -0.171. The molecule has 5 nitrogen and oxygen atoms in total. The molecule has 0 spiro atoms. The molecule has 1 aliphatic rings. The van der Waals surface area contributed by atoms with Gasteiger partial charge in [-0.25, -0.2) is 0 Å². The molecule has 1 rings (SSSR count). The molecule has 0 aromatic rings. The molecule has 0 bridgehead atoms. The van der Waals surface area contributed by atoms with Crippen molar-refractivity contribution in [3.8, 4) is 0 Å². The summed E-state index contributed by atoms with van der Waals surface area (Å²) in [6.07, 6.45) is 0.874. The van der Waals surface area contributed by atoms with Gasteiger partial charge in [0.1, 0.15) is 0 Å². The highest BCUT2D eigenvalue weighted by atomic mass is 16.5. The van der Waals surface area contributed by atoms with Crippen LogP contribution in [0, 0.1) is 5.41 Å². The Bertz CT molecular complexity index is 215. The van der Waals surface area contributed by atoms with Crippen LogP contribution in [0.15, 0.2) is 0 Å². The zero-order valence-electron chi connectivity index (χ0n) is 8.46. The number of carbonyl (C=O) groups is 2. The van der Waals surface area contributed by atoms with E-state index in [-0.39, 0.29) is 0 Å². The minimum atomic E-state index is -1.09. The SMILES string of the molecule is COC(=O)C1(C(=O)OC)CCNCC1. The van der Waals surface area contributed by atoms with Crippen LogP contribution in [0.3, 0.4) is 0 Å². The third kappa shape index (κ3) is 1.72. The van der Waals surface area contributed by atoms with Gasteiger partial charge in [-0.1, -0.05) is 0 Å². The molecule has 0 radical (unpaired) electrons. The van der Waals surface area contributed by atoms with Crippen LogP contribution in [0.4, 0.5) is 0 Å². The van der Waals surface area contributed by atoms with Crippen LogP contribution in [-0.4, -0.2) is 39.2 Å². The number of hydrogen-bond donors (Lipinski definition) is 1. The molecule has 1 aliphatic heterocycles. The van der Waals surface area contributed by atoms with Crippen LogP contribution >= 0.6 is 0 Å². The lowest BCUT2D eigenvalue weighted by atomic mass is 9.79. The summed E-state index contributed by atoms with van der Waals surface area (Å²) in [4.78, 5) is 23.1. The molecule has 1 fully saturated rings. The number of rotatable bonds is 2. The zero-order chi connectivity index (χ0) is 10.6. The molecular formula is C9H15NO4. The Labute approximate surface area is 82.8 Å². The lowest BCUT2D eigenvalue weighted by Gasteiger charge is -2.31. The largest absolute Gasteiger partial charge is 0.468 e. The first kappa shape index (κ1) is 11.0. The summed E-state index contributed by atoms with van der Waals surface area (Å²) >= 11 is 0. The number of ether oxygens (including phenoxy) is 2. The van der Waals surface area contributed by atoms with Crippen LogP contribution in [0.2, 0.25) is 0 Å². The maximum atomic E-state index is 11.5. The van der Waals surface area contributed by atoms with E-state index in [1.165, 1.54) is 14.2 Å².